The van der Waals surface area contributed by atoms with Crippen molar-refractivity contribution in [1.29, 1.82) is 0 Å². The van der Waals surface area contributed by atoms with E-state index >= 15 is 0 Å². The van der Waals surface area contributed by atoms with Crippen molar-refractivity contribution in [2.45, 2.75) is 57.6 Å². The Morgan fingerprint density at radius 3 is 1.44 bits per heavy atom. The number of hydrogen-bond donors (Lipinski definition) is 1. The van der Waals surface area contributed by atoms with Crippen LogP contribution in [0, 0.1) is 0 Å². The first-order chi connectivity index (χ1) is 10.6. The van der Waals surface area contributed by atoms with E-state index in [-0.39, 0.29) is 51.7 Å². The van der Waals surface area contributed by atoms with Gasteiger partial charge in [-0.3, -0.25) is 4.55 Å². The van der Waals surface area contributed by atoms with Crippen molar-refractivity contribution >= 4 is 59.8 Å². The van der Waals surface area contributed by atoms with Gasteiger partial charge in [0.15, 0.2) is 0 Å². The standard InChI is InChI=1S/C16H22O7S.Ca.2H/c1-15(2,3)22-13(17)10-7-11(14(18)23-16(4,5)6)9-12(8-10)24(19,20)21;;;/h7-9H,1-6H3,(H,19,20,21);;;/q;+2;2*-1. The van der Waals surface area contributed by atoms with Crippen molar-refractivity contribution in [1.82, 2.24) is 0 Å². The van der Waals surface area contributed by atoms with E-state index in [1.807, 2.05) is 0 Å². The van der Waals surface area contributed by atoms with Gasteiger partial charge in [-0.1, -0.05) is 0 Å². The summed E-state index contributed by atoms with van der Waals surface area (Å²) in [5, 5.41) is 0. The van der Waals surface area contributed by atoms with Crippen LogP contribution in [0.3, 0.4) is 0 Å². The third-order valence-corrected chi connectivity index (χ3v) is 3.30. The van der Waals surface area contributed by atoms with E-state index < -0.39 is 38.2 Å². The Kier molecular flexibility index (Phi) is 8.12. The smallest absolute Gasteiger partial charge is 1.00 e. The van der Waals surface area contributed by atoms with Crippen LogP contribution in [0.5, 0.6) is 0 Å². The molecule has 0 bridgehead atoms. The van der Waals surface area contributed by atoms with Crippen LogP contribution in [0.25, 0.3) is 0 Å². The number of carbonyl (C=O) groups excluding carboxylic acids is 2. The molecule has 1 aromatic rings. The average Bonchev–Trinajstić information content (AvgIpc) is 2.33. The van der Waals surface area contributed by atoms with E-state index in [0.29, 0.717) is 0 Å². The zero-order valence-electron chi connectivity index (χ0n) is 17.2. The minimum absolute atomic E-state index is 0. The van der Waals surface area contributed by atoms with Crippen molar-refractivity contribution < 1.29 is 34.9 Å². The maximum atomic E-state index is 12.1. The zero-order valence-corrected chi connectivity index (χ0v) is 18.3. The van der Waals surface area contributed by atoms with Gasteiger partial charge in [0.25, 0.3) is 10.1 Å². The summed E-state index contributed by atoms with van der Waals surface area (Å²) in [6.07, 6.45) is 0. The molecule has 1 aromatic carbocycles. The van der Waals surface area contributed by atoms with Gasteiger partial charge < -0.3 is 12.3 Å². The third-order valence-electron chi connectivity index (χ3n) is 2.47. The van der Waals surface area contributed by atoms with Crippen molar-refractivity contribution in [3.05, 3.63) is 29.3 Å². The molecule has 1 N–H and O–H groups in total. The maximum absolute atomic E-state index is 12.1. The van der Waals surface area contributed by atoms with Crippen LogP contribution >= 0.6 is 0 Å². The molecule has 0 aromatic heterocycles. The number of ether oxygens (including phenoxy) is 2. The summed E-state index contributed by atoms with van der Waals surface area (Å²) in [6.45, 7) is 9.87. The molecule has 7 nitrogen and oxygen atoms in total. The molecule has 0 fully saturated rings. The van der Waals surface area contributed by atoms with Gasteiger partial charge in [0.1, 0.15) is 11.2 Å². The van der Waals surface area contributed by atoms with Crippen LogP contribution in [0.15, 0.2) is 23.1 Å². The molecule has 9 heteroatoms. The fraction of sp³-hybridized carbons (Fsp3) is 0.500. The molecule has 0 aliphatic rings. The second-order valence-corrected chi connectivity index (χ2v) is 8.65. The van der Waals surface area contributed by atoms with Gasteiger partial charge in [-0.2, -0.15) is 8.42 Å². The molecule has 0 heterocycles. The van der Waals surface area contributed by atoms with Gasteiger partial charge in [-0.15, -0.1) is 0 Å². The first-order valence-corrected chi connectivity index (χ1v) is 8.62. The summed E-state index contributed by atoms with van der Waals surface area (Å²) < 4.78 is 42.4. The molecule has 0 atom stereocenters. The SMILES string of the molecule is CC(C)(C)OC(=O)c1cc(C(=O)OC(C)(C)C)cc(S(=O)(=O)O)c1.[Ca+2].[H-].[H-]. The van der Waals surface area contributed by atoms with Gasteiger partial charge in [-0.05, 0) is 59.7 Å². The monoisotopic (exact) mass is 400 g/mol. The van der Waals surface area contributed by atoms with E-state index in [2.05, 4.69) is 0 Å². The molecule has 138 valence electrons. The number of benzene rings is 1. The molecule has 0 radical (unpaired) electrons. The molecular weight excluding hydrogens is 376 g/mol. The Hall–Kier alpha value is -0.670. The van der Waals surface area contributed by atoms with E-state index in [4.69, 9.17) is 9.47 Å². The Bertz CT molecular complexity index is 720. The summed E-state index contributed by atoms with van der Waals surface area (Å²) in [5.74, 6) is -1.64. The van der Waals surface area contributed by atoms with E-state index in [1.165, 1.54) is 0 Å². The van der Waals surface area contributed by atoms with E-state index in [9.17, 15) is 22.6 Å². The summed E-state index contributed by atoms with van der Waals surface area (Å²) >= 11 is 0. The molecule has 0 amide bonds. The second kappa shape index (κ2) is 8.35. The number of carbonyl (C=O) groups is 2. The van der Waals surface area contributed by atoms with Gasteiger partial charge in [0.2, 0.25) is 0 Å². The summed E-state index contributed by atoms with van der Waals surface area (Å²) in [4.78, 5) is 23.7. The minimum atomic E-state index is -4.62. The largest absolute Gasteiger partial charge is 2.00 e. The fourth-order valence-corrected chi connectivity index (χ4v) is 2.21. The normalized spacial score (nSPS) is 12.1. The summed E-state index contributed by atoms with van der Waals surface area (Å²) in [6, 6.07) is 3.05. The molecule has 0 saturated heterocycles. The van der Waals surface area contributed by atoms with Crippen molar-refractivity contribution in [3.8, 4) is 0 Å². The quantitative estimate of drug-likeness (QED) is 0.472. The maximum Gasteiger partial charge on any atom is 2.00 e. The Morgan fingerprint density at radius 1 is 0.880 bits per heavy atom. The van der Waals surface area contributed by atoms with Crippen LogP contribution < -0.4 is 0 Å². The van der Waals surface area contributed by atoms with Crippen LogP contribution in [0.1, 0.15) is 65.1 Å². The molecule has 0 aliphatic carbocycles. The molecule has 25 heavy (non-hydrogen) atoms. The molecular formula is C16H24CaO7S. The van der Waals surface area contributed by atoms with Crippen LogP contribution in [0.2, 0.25) is 0 Å². The van der Waals surface area contributed by atoms with E-state index in [0.717, 1.165) is 18.2 Å². The topological polar surface area (TPSA) is 107 Å². The Labute approximate surface area is 180 Å². The van der Waals surface area contributed by atoms with Crippen LogP contribution in [-0.4, -0.2) is 73.8 Å². The van der Waals surface area contributed by atoms with Gasteiger partial charge in [-0.25, -0.2) is 9.59 Å². The van der Waals surface area contributed by atoms with E-state index in [1.54, 1.807) is 41.5 Å². The molecule has 0 spiro atoms. The number of esters is 2. The van der Waals surface area contributed by atoms with Crippen LogP contribution in [0.4, 0.5) is 0 Å². The predicted octanol–water partition coefficient (Wildman–Crippen LogP) is 2.69. The van der Waals surface area contributed by atoms with Gasteiger partial charge >= 0.3 is 49.7 Å². The second-order valence-electron chi connectivity index (χ2n) is 7.22. The fourth-order valence-electron chi connectivity index (χ4n) is 1.66. The van der Waals surface area contributed by atoms with Crippen molar-refractivity contribution in [3.63, 3.8) is 0 Å². The van der Waals surface area contributed by atoms with Crippen molar-refractivity contribution in [2.75, 3.05) is 0 Å². The van der Waals surface area contributed by atoms with Crippen molar-refractivity contribution in [2.24, 2.45) is 0 Å². The third kappa shape index (κ3) is 8.50. The first-order valence-electron chi connectivity index (χ1n) is 7.18. The minimum Gasteiger partial charge on any atom is -1.00 e. The Balaban J connectivity index is -0.00000192. The van der Waals surface area contributed by atoms with Gasteiger partial charge in [0, 0.05) is 0 Å². The number of rotatable bonds is 3. The first kappa shape index (κ1) is 24.3. The van der Waals surface area contributed by atoms with Crippen LogP contribution in [-0.2, 0) is 19.6 Å². The average molecular weight is 401 g/mol. The Morgan fingerprint density at radius 2 is 1.20 bits per heavy atom. The summed E-state index contributed by atoms with van der Waals surface area (Å²) in [7, 11) is -4.62. The predicted molar refractivity (Wildman–Crippen MR) is 94.6 cm³/mol. The number of hydrogen-bond acceptors (Lipinski definition) is 6. The molecule has 1 rings (SSSR count). The molecule has 0 aliphatic heterocycles. The summed E-state index contributed by atoms with van der Waals surface area (Å²) in [5.41, 5.74) is -1.98. The molecule has 0 saturated carbocycles. The molecule has 0 unspecified atom stereocenters. The van der Waals surface area contributed by atoms with Gasteiger partial charge in [0.05, 0.1) is 16.0 Å². The zero-order chi connectivity index (χ0) is 18.9.